The Kier molecular flexibility index (Phi) is 8.41. The molecule has 10 nitrogen and oxygen atoms in total. The van der Waals surface area contributed by atoms with Gasteiger partial charge in [-0.3, -0.25) is 19.9 Å². The molecule has 0 aliphatic carbocycles. The minimum Gasteiger partial charge on any atom is -0.493 e. The Morgan fingerprint density at radius 1 is 1.12 bits per heavy atom. The number of hydrogen-bond donors (Lipinski definition) is 3. The van der Waals surface area contributed by atoms with Crippen molar-refractivity contribution in [2.24, 2.45) is 0 Å². The van der Waals surface area contributed by atoms with Crippen LogP contribution in [0.4, 0.5) is 3.89 Å². The topological polar surface area (TPSA) is 138 Å². The lowest BCUT2D eigenvalue weighted by atomic mass is 9.85. The molecule has 43 heavy (non-hydrogen) atoms. The van der Waals surface area contributed by atoms with Crippen molar-refractivity contribution in [2.75, 3.05) is 6.61 Å². The van der Waals surface area contributed by atoms with Crippen LogP contribution in [0.2, 0.25) is 0 Å². The van der Waals surface area contributed by atoms with Gasteiger partial charge in [0.15, 0.2) is 5.96 Å². The number of hydrogen-bond acceptors (Lipinski definition) is 7. The van der Waals surface area contributed by atoms with Gasteiger partial charge in [-0.15, -0.1) is 0 Å². The monoisotopic (exact) mass is 608 g/mol. The molecule has 12 heteroatoms. The molecule has 0 saturated carbocycles. The van der Waals surface area contributed by atoms with Crippen LogP contribution < -0.4 is 19.6 Å². The largest absolute Gasteiger partial charge is 0.493 e. The number of para-hydroxylation sites is 1. The zero-order chi connectivity index (χ0) is 30.8. The van der Waals surface area contributed by atoms with E-state index in [4.69, 9.17) is 10.1 Å². The van der Waals surface area contributed by atoms with E-state index in [0.29, 0.717) is 42.6 Å². The van der Waals surface area contributed by atoms with Crippen LogP contribution in [0.15, 0.2) is 72.8 Å². The minimum atomic E-state index is -5.30. The van der Waals surface area contributed by atoms with Gasteiger partial charge in [0.25, 0.3) is 5.91 Å². The molecule has 5 rings (SSSR count). The summed E-state index contributed by atoms with van der Waals surface area (Å²) in [6.07, 6.45) is 1.96. The number of amides is 2. The molecule has 0 aromatic heterocycles. The summed E-state index contributed by atoms with van der Waals surface area (Å²) in [5, 5.41) is 15.1. The summed E-state index contributed by atoms with van der Waals surface area (Å²) in [6, 6.07) is 18.6. The van der Waals surface area contributed by atoms with Crippen LogP contribution in [0.25, 0.3) is 0 Å². The lowest BCUT2D eigenvalue weighted by Crippen LogP contribution is -2.62. The fourth-order valence-corrected chi connectivity index (χ4v) is 6.06. The normalized spacial score (nSPS) is 18.6. The van der Waals surface area contributed by atoms with E-state index in [1.807, 2.05) is 38.1 Å². The number of nitrogens with zero attached hydrogens (tertiary/aromatic N) is 1. The van der Waals surface area contributed by atoms with Crippen molar-refractivity contribution in [2.45, 2.75) is 57.2 Å². The molecule has 2 amide bonds. The van der Waals surface area contributed by atoms with Gasteiger partial charge in [0.2, 0.25) is 5.91 Å². The molecule has 0 spiro atoms. The summed E-state index contributed by atoms with van der Waals surface area (Å²) in [4.78, 5) is 28.5. The molecule has 1 saturated heterocycles. The highest BCUT2D eigenvalue weighted by atomic mass is 32.3. The van der Waals surface area contributed by atoms with Gasteiger partial charge < -0.3 is 19.6 Å². The van der Waals surface area contributed by atoms with E-state index < -0.39 is 22.1 Å². The van der Waals surface area contributed by atoms with Gasteiger partial charge in [-0.2, -0.15) is 8.42 Å². The molecule has 3 N–H and O–H groups in total. The van der Waals surface area contributed by atoms with Crippen LogP contribution >= 0.6 is 0 Å². The van der Waals surface area contributed by atoms with Crippen molar-refractivity contribution in [1.82, 2.24) is 15.5 Å². The van der Waals surface area contributed by atoms with Crippen LogP contribution in [0.3, 0.4) is 0 Å². The molecular weight excluding hydrogens is 575 g/mol. The Morgan fingerprint density at radius 2 is 1.81 bits per heavy atom. The average Bonchev–Trinajstić information content (AvgIpc) is 2.98. The summed E-state index contributed by atoms with van der Waals surface area (Å²) in [6.45, 7) is 4.35. The third-order valence-corrected chi connectivity index (χ3v) is 8.48. The second-order valence-electron chi connectivity index (χ2n) is 10.7. The van der Waals surface area contributed by atoms with Crippen LogP contribution in [-0.2, 0) is 15.3 Å². The molecule has 2 aliphatic heterocycles. The lowest BCUT2D eigenvalue weighted by Gasteiger charge is -2.45. The van der Waals surface area contributed by atoms with Crippen molar-refractivity contribution < 1.29 is 30.8 Å². The van der Waals surface area contributed by atoms with Crippen LogP contribution in [-0.4, -0.2) is 43.2 Å². The highest BCUT2D eigenvalue weighted by Gasteiger charge is 2.42. The molecule has 3 aromatic carbocycles. The SMILES string of the molecule is CCC1(CC)CC(=O)N(C(c2cccc(OS(=O)(=O)F)c2)c2cccc(C(=O)N[C@H]3CCOc4ccccc43)c2)C(=N)N1. The number of guanidine groups is 1. The van der Waals surface area contributed by atoms with E-state index in [9.17, 15) is 21.9 Å². The smallest absolute Gasteiger partial charge is 0.488 e. The van der Waals surface area contributed by atoms with Crippen molar-refractivity contribution >= 4 is 28.3 Å². The fraction of sp³-hybridized carbons (Fsp3) is 0.323. The predicted octanol–water partition coefficient (Wildman–Crippen LogP) is 4.94. The highest BCUT2D eigenvalue weighted by Crippen LogP contribution is 2.37. The standard InChI is InChI=1S/C31H33FN4O6S/c1-3-31(4-2)19-27(37)36(30(33)35-31)28(21-10-8-12-23(18-21)42-43(32,39)40)20-9-7-11-22(17-20)29(38)34-25-15-16-41-26-14-6-5-13-24(25)26/h5-14,17-18,25,28H,3-4,15-16,19H2,1-2H3,(H2,33,35)(H,34,38)/t25-,28?/m0/s1. The molecule has 1 fully saturated rings. The number of benzene rings is 3. The maximum Gasteiger partial charge on any atom is 0.488 e. The van der Waals surface area contributed by atoms with Crippen molar-refractivity contribution in [3.63, 3.8) is 0 Å². The minimum absolute atomic E-state index is 0.122. The van der Waals surface area contributed by atoms with E-state index in [1.54, 1.807) is 30.3 Å². The van der Waals surface area contributed by atoms with Crippen molar-refractivity contribution in [3.8, 4) is 11.5 Å². The molecular formula is C31H33FN4O6S. The van der Waals surface area contributed by atoms with Crippen LogP contribution in [0.1, 0.15) is 78.7 Å². The third-order valence-electron chi connectivity index (χ3n) is 8.09. The second-order valence-corrected chi connectivity index (χ2v) is 11.6. The first kappa shape index (κ1) is 30.0. The number of carbonyl (C=O) groups excluding carboxylic acids is 2. The zero-order valence-corrected chi connectivity index (χ0v) is 24.6. The van der Waals surface area contributed by atoms with Crippen molar-refractivity contribution in [3.05, 3.63) is 95.1 Å². The van der Waals surface area contributed by atoms with E-state index in [-0.39, 0.29) is 36.0 Å². The predicted molar refractivity (Wildman–Crippen MR) is 158 cm³/mol. The number of fused-ring (bicyclic) bond motifs is 1. The molecule has 2 aliphatic rings. The third kappa shape index (κ3) is 6.48. The Labute approximate surface area is 250 Å². The summed E-state index contributed by atoms with van der Waals surface area (Å²) in [5.41, 5.74) is 1.47. The van der Waals surface area contributed by atoms with Gasteiger partial charge in [0.05, 0.1) is 25.1 Å². The van der Waals surface area contributed by atoms with E-state index in [0.717, 1.165) is 11.3 Å². The molecule has 1 unspecified atom stereocenters. The number of rotatable bonds is 9. The molecule has 0 bridgehead atoms. The molecule has 2 heterocycles. The average molecular weight is 609 g/mol. The maximum absolute atomic E-state index is 13.7. The van der Waals surface area contributed by atoms with Crippen LogP contribution in [0.5, 0.6) is 11.5 Å². The van der Waals surface area contributed by atoms with Gasteiger partial charge in [-0.1, -0.05) is 60.2 Å². The van der Waals surface area contributed by atoms with Gasteiger partial charge in [0, 0.05) is 23.1 Å². The van der Waals surface area contributed by atoms with Gasteiger partial charge in [-0.05, 0) is 54.3 Å². The van der Waals surface area contributed by atoms with E-state index in [1.165, 1.54) is 23.1 Å². The van der Waals surface area contributed by atoms with Gasteiger partial charge >= 0.3 is 10.5 Å². The number of nitrogens with one attached hydrogen (secondary N) is 3. The van der Waals surface area contributed by atoms with E-state index >= 15 is 0 Å². The molecule has 0 radical (unpaired) electrons. The highest BCUT2D eigenvalue weighted by molar-refractivity contribution is 7.81. The zero-order valence-electron chi connectivity index (χ0n) is 23.8. The van der Waals surface area contributed by atoms with Gasteiger partial charge in [0.1, 0.15) is 11.5 Å². The summed E-state index contributed by atoms with van der Waals surface area (Å²) in [5.74, 6) is -0.372. The first-order chi connectivity index (χ1) is 20.5. The number of carbonyl (C=O) groups is 2. The Morgan fingerprint density at radius 3 is 2.51 bits per heavy atom. The van der Waals surface area contributed by atoms with Crippen LogP contribution in [0, 0.1) is 5.41 Å². The second kappa shape index (κ2) is 12.0. The Hall–Kier alpha value is -4.45. The van der Waals surface area contributed by atoms with Crippen molar-refractivity contribution in [1.29, 1.82) is 5.41 Å². The fourth-order valence-electron chi connectivity index (χ4n) is 5.73. The number of ether oxygens (including phenoxy) is 1. The molecule has 226 valence electrons. The number of halogens is 1. The van der Waals surface area contributed by atoms with E-state index in [2.05, 4.69) is 14.8 Å². The summed E-state index contributed by atoms with van der Waals surface area (Å²) < 4.78 is 46.0. The molecule has 3 aromatic rings. The Bertz CT molecular complexity index is 1640. The summed E-state index contributed by atoms with van der Waals surface area (Å²) in [7, 11) is -5.30. The first-order valence-corrected chi connectivity index (χ1v) is 15.4. The first-order valence-electron chi connectivity index (χ1n) is 14.1. The lowest BCUT2D eigenvalue weighted by molar-refractivity contribution is -0.132. The Balaban J connectivity index is 1.52. The maximum atomic E-state index is 13.7. The summed E-state index contributed by atoms with van der Waals surface area (Å²) >= 11 is 0. The quantitative estimate of drug-likeness (QED) is 0.293. The molecule has 2 atom stereocenters. The van der Waals surface area contributed by atoms with Gasteiger partial charge in [-0.25, -0.2) is 0 Å².